The molecule has 0 unspecified atom stereocenters. The second-order valence-corrected chi connectivity index (χ2v) is 7.48. The zero-order valence-corrected chi connectivity index (χ0v) is 17.3. The molecule has 2 aliphatic rings. The van der Waals surface area contributed by atoms with E-state index >= 15 is 0 Å². The number of rotatable bonds is 5. The molecule has 2 aliphatic heterocycles. The molecule has 3 aromatic rings. The van der Waals surface area contributed by atoms with Crippen LogP contribution in [0.2, 0.25) is 0 Å². The van der Waals surface area contributed by atoms with Gasteiger partial charge in [-0.15, -0.1) is 0 Å². The van der Waals surface area contributed by atoms with E-state index in [0.29, 0.717) is 46.5 Å². The SMILES string of the molecule is COc1cc(OC)c2c(c1)OC[C@H]1Oc3cc(OCc4ccccc4)ccc3C(=O)[C@@H]21. The summed E-state index contributed by atoms with van der Waals surface area (Å²) in [6.45, 7) is 0.698. The van der Waals surface area contributed by atoms with Gasteiger partial charge in [-0.2, -0.15) is 0 Å². The standard InChI is InChI=1S/C25H22O6/c1-27-17-11-20(28-2)23-21(12-17)30-14-22-24(23)25(26)18-9-8-16(10-19(18)31-22)29-13-15-6-4-3-5-7-15/h3-12,22,24H,13-14H2,1-2H3/t22-,24-/m1/s1. The van der Waals surface area contributed by atoms with Gasteiger partial charge in [0.1, 0.15) is 48.1 Å². The smallest absolute Gasteiger partial charge is 0.178 e. The second-order valence-electron chi connectivity index (χ2n) is 7.48. The molecule has 0 amide bonds. The summed E-state index contributed by atoms with van der Waals surface area (Å²) < 4.78 is 28.9. The molecule has 0 radical (unpaired) electrons. The van der Waals surface area contributed by atoms with Gasteiger partial charge in [-0.1, -0.05) is 30.3 Å². The lowest BCUT2D eigenvalue weighted by molar-refractivity contribution is 0.0549. The zero-order valence-electron chi connectivity index (χ0n) is 17.3. The van der Waals surface area contributed by atoms with Crippen LogP contribution in [0.1, 0.15) is 27.4 Å². The van der Waals surface area contributed by atoms with Crippen LogP contribution >= 0.6 is 0 Å². The predicted octanol–water partition coefficient (Wildman–Crippen LogP) is 4.40. The Morgan fingerprint density at radius 1 is 0.935 bits per heavy atom. The van der Waals surface area contributed by atoms with Gasteiger partial charge in [0.05, 0.1) is 31.3 Å². The molecule has 5 rings (SSSR count). The van der Waals surface area contributed by atoms with Crippen molar-refractivity contribution in [2.75, 3.05) is 20.8 Å². The Labute approximate surface area is 180 Å². The van der Waals surface area contributed by atoms with Gasteiger partial charge in [-0.05, 0) is 17.7 Å². The average molecular weight is 418 g/mol. The van der Waals surface area contributed by atoms with E-state index in [4.69, 9.17) is 23.7 Å². The van der Waals surface area contributed by atoms with E-state index < -0.39 is 12.0 Å². The molecule has 2 heterocycles. The van der Waals surface area contributed by atoms with Crippen molar-refractivity contribution in [3.63, 3.8) is 0 Å². The van der Waals surface area contributed by atoms with Crippen molar-refractivity contribution < 1.29 is 28.5 Å². The van der Waals surface area contributed by atoms with Crippen LogP contribution in [0.4, 0.5) is 0 Å². The number of carbonyl (C=O) groups excluding carboxylic acids is 1. The van der Waals surface area contributed by atoms with Crippen molar-refractivity contribution in [2.24, 2.45) is 0 Å². The maximum Gasteiger partial charge on any atom is 0.178 e. The highest BCUT2D eigenvalue weighted by atomic mass is 16.5. The van der Waals surface area contributed by atoms with E-state index in [0.717, 1.165) is 5.56 Å². The van der Waals surface area contributed by atoms with E-state index in [-0.39, 0.29) is 12.4 Å². The average Bonchev–Trinajstić information content (AvgIpc) is 2.82. The Morgan fingerprint density at radius 3 is 2.52 bits per heavy atom. The summed E-state index contributed by atoms with van der Waals surface area (Å²) in [6.07, 6.45) is -0.445. The first-order chi connectivity index (χ1) is 15.2. The quantitative estimate of drug-likeness (QED) is 0.612. The van der Waals surface area contributed by atoms with Crippen LogP contribution in [-0.4, -0.2) is 32.7 Å². The molecule has 0 N–H and O–H groups in total. The Morgan fingerprint density at radius 2 is 1.74 bits per heavy atom. The number of hydrogen-bond acceptors (Lipinski definition) is 6. The summed E-state index contributed by atoms with van der Waals surface area (Å²) in [7, 11) is 3.15. The maximum absolute atomic E-state index is 13.5. The lowest BCUT2D eigenvalue weighted by Crippen LogP contribution is -2.43. The summed E-state index contributed by atoms with van der Waals surface area (Å²) in [6, 6.07) is 18.8. The fourth-order valence-electron chi connectivity index (χ4n) is 4.11. The molecule has 6 heteroatoms. The van der Waals surface area contributed by atoms with Crippen LogP contribution in [0, 0.1) is 0 Å². The first-order valence-electron chi connectivity index (χ1n) is 10.1. The van der Waals surface area contributed by atoms with Crippen molar-refractivity contribution in [3.05, 3.63) is 77.4 Å². The third-order valence-corrected chi connectivity index (χ3v) is 5.65. The van der Waals surface area contributed by atoms with Gasteiger partial charge in [0.25, 0.3) is 0 Å². The highest BCUT2D eigenvalue weighted by Crippen LogP contribution is 2.48. The lowest BCUT2D eigenvalue weighted by Gasteiger charge is -2.37. The third kappa shape index (κ3) is 3.44. The molecule has 2 atom stereocenters. The number of methoxy groups -OCH3 is 2. The van der Waals surface area contributed by atoms with Crippen LogP contribution < -0.4 is 23.7 Å². The third-order valence-electron chi connectivity index (χ3n) is 5.65. The molecule has 0 aliphatic carbocycles. The molecule has 0 saturated heterocycles. The summed E-state index contributed by atoms with van der Waals surface area (Å²) >= 11 is 0. The fourth-order valence-corrected chi connectivity index (χ4v) is 4.11. The topological polar surface area (TPSA) is 63.2 Å². The normalized spacial score (nSPS) is 18.6. The minimum atomic E-state index is -0.506. The predicted molar refractivity (Wildman–Crippen MR) is 114 cm³/mol. The van der Waals surface area contributed by atoms with Gasteiger partial charge in [-0.3, -0.25) is 4.79 Å². The zero-order chi connectivity index (χ0) is 21.4. The number of hydrogen-bond donors (Lipinski definition) is 0. The van der Waals surface area contributed by atoms with Gasteiger partial charge in [0.15, 0.2) is 5.78 Å². The molecular formula is C25H22O6. The molecule has 0 bridgehead atoms. The number of benzene rings is 3. The number of fused-ring (bicyclic) bond motifs is 4. The van der Waals surface area contributed by atoms with E-state index in [1.54, 1.807) is 44.6 Å². The highest BCUT2D eigenvalue weighted by Gasteiger charge is 2.45. The van der Waals surface area contributed by atoms with Crippen molar-refractivity contribution in [1.82, 2.24) is 0 Å². The van der Waals surface area contributed by atoms with Crippen molar-refractivity contribution in [1.29, 1.82) is 0 Å². The molecule has 3 aromatic carbocycles. The largest absolute Gasteiger partial charge is 0.496 e. The van der Waals surface area contributed by atoms with Gasteiger partial charge < -0.3 is 23.7 Å². The number of ketones is 1. The molecule has 0 aromatic heterocycles. The summed E-state index contributed by atoms with van der Waals surface area (Å²) in [4.78, 5) is 13.5. The summed E-state index contributed by atoms with van der Waals surface area (Å²) in [5.41, 5.74) is 2.29. The van der Waals surface area contributed by atoms with E-state index in [1.807, 2.05) is 30.3 Å². The van der Waals surface area contributed by atoms with Gasteiger partial charge >= 0.3 is 0 Å². The molecule has 0 fully saturated rings. The van der Waals surface area contributed by atoms with E-state index in [1.165, 1.54) is 0 Å². The van der Waals surface area contributed by atoms with E-state index in [9.17, 15) is 4.79 Å². The lowest BCUT2D eigenvalue weighted by atomic mass is 9.81. The van der Waals surface area contributed by atoms with Crippen LogP contribution in [-0.2, 0) is 6.61 Å². The minimum absolute atomic E-state index is 0.0196. The first kappa shape index (κ1) is 19.3. The van der Waals surface area contributed by atoms with Gasteiger partial charge in [0, 0.05) is 18.2 Å². The van der Waals surface area contributed by atoms with Crippen molar-refractivity contribution >= 4 is 5.78 Å². The van der Waals surface area contributed by atoms with E-state index in [2.05, 4.69) is 0 Å². The van der Waals surface area contributed by atoms with Crippen LogP contribution in [0.15, 0.2) is 60.7 Å². The monoisotopic (exact) mass is 418 g/mol. The fraction of sp³-hybridized carbons (Fsp3) is 0.240. The molecular weight excluding hydrogens is 396 g/mol. The number of ether oxygens (including phenoxy) is 5. The van der Waals surface area contributed by atoms with Gasteiger partial charge in [-0.25, -0.2) is 0 Å². The van der Waals surface area contributed by atoms with Crippen molar-refractivity contribution in [3.8, 4) is 28.7 Å². The van der Waals surface area contributed by atoms with Crippen molar-refractivity contribution in [2.45, 2.75) is 18.6 Å². The Kier molecular flexibility index (Phi) is 4.90. The molecule has 31 heavy (non-hydrogen) atoms. The first-order valence-corrected chi connectivity index (χ1v) is 10.1. The Bertz CT molecular complexity index is 1110. The van der Waals surface area contributed by atoms with Crippen LogP contribution in [0.25, 0.3) is 0 Å². The number of carbonyl (C=O) groups is 1. The van der Waals surface area contributed by atoms with Crippen LogP contribution in [0.5, 0.6) is 28.7 Å². The highest BCUT2D eigenvalue weighted by molar-refractivity contribution is 6.05. The Hall–Kier alpha value is -3.67. The molecule has 158 valence electrons. The molecule has 0 spiro atoms. The maximum atomic E-state index is 13.5. The van der Waals surface area contributed by atoms with Crippen LogP contribution in [0.3, 0.4) is 0 Å². The molecule has 6 nitrogen and oxygen atoms in total. The summed E-state index contributed by atoms with van der Waals surface area (Å²) in [5, 5.41) is 0. The Balaban J connectivity index is 1.45. The minimum Gasteiger partial charge on any atom is -0.496 e. The molecule has 0 saturated carbocycles. The van der Waals surface area contributed by atoms with Gasteiger partial charge in [0.2, 0.25) is 0 Å². The second kappa shape index (κ2) is 7.87. The number of Topliss-reactive ketones (excluding diaryl/α,β-unsaturated/α-hetero) is 1. The summed E-state index contributed by atoms with van der Waals surface area (Å²) in [5.74, 6) is 2.37.